The molecule has 0 aromatic rings. The SMILES string of the molecule is CC(C)(C)OC(=O)N1[C@@H]2CC[C@H](N)[C@H]1C2. The van der Waals surface area contributed by atoms with Crippen LogP contribution in [0.1, 0.15) is 40.0 Å². The van der Waals surface area contributed by atoms with Crippen molar-refractivity contribution in [1.82, 2.24) is 4.90 Å². The number of nitrogens with two attached hydrogens (primary N) is 1. The molecule has 0 aromatic heterocycles. The van der Waals surface area contributed by atoms with E-state index >= 15 is 0 Å². The van der Waals surface area contributed by atoms with Crippen molar-refractivity contribution in [2.24, 2.45) is 5.73 Å². The fourth-order valence-corrected chi connectivity index (χ4v) is 2.45. The van der Waals surface area contributed by atoms with Gasteiger partial charge in [-0.25, -0.2) is 4.79 Å². The highest BCUT2D eigenvalue weighted by Crippen LogP contribution is 2.38. The van der Waals surface area contributed by atoms with Crippen LogP contribution >= 0.6 is 0 Å². The van der Waals surface area contributed by atoms with Gasteiger partial charge in [0.2, 0.25) is 0 Å². The Morgan fingerprint density at radius 2 is 2.07 bits per heavy atom. The minimum absolute atomic E-state index is 0.141. The Labute approximate surface area is 90.8 Å². The highest BCUT2D eigenvalue weighted by Gasteiger charge is 2.49. The van der Waals surface area contributed by atoms with E-state index in [1.807, 2.05) is 25.7 Å². The summed E-state index contributed by atoms with van der Waals surface area (Å²) in [5.41, 5.74) is 5.55. The van der Waals surface area contributed by atoms with E-state index in [1.165, 1.54) is 0 Å². The van der Waals surface area contributed by atoms with Crippen LogP contribution in [0, 0.1) is 0 Å². The molecule has 0 unspecified atom stereocenters. The third-order valence-electron chi connectivity index (χ3n) is 3.20. The van der Waals surface area contributed by atoms with Gasteiger partial charge in [-0.05, 0) is 40.0 Å². The molecule has 3 fully saturated rings. The average molecular weight is 212 g/mol. The predicted molar refractivity (Wildman–Crippen MR) is 57.5 cm³/mol. The van der Waals surface area contributed by atoms with Crippen LogP contribution in [0.25, 0.3) is 0 Å². The molecule has 0 radical (unpaired) electrons. The highest BCUT2D eigenvalue weighted by molar-refractivity contribution is 5.70. The van der Waals surface area contributed by atoms with Gasteiger partial charge < -0.3 is 15.4 Å². The smallest absolute Gasteiger partial charge is 0.410 e. The second-order valence-corrected chi connectivity index (χ2v) is 5.59. The molecular weight excluding hydrogens is 192 g/mol. The summed E-state index contributed by atoms with van der Waals surface area (Å²) >= 11 is 0. The van der Waals surface area contributed by atoms with Crippen LogP contribution in [0.3, 0.4) is 0 Å². The number of piperidine rings is 1. The Hall–Kier alpha value is -0.770. The Balaban J connectivity index is 1.98. The molecule has 15 heavy (non-hydrogen) atoms. The summed E-state index contributed by atoms with van der Waals surface area (Å²) < 4.78 is 5.36. The van der Waals surface area contributed by atoms with Crippen molar-refractivity contribution in [2.75, 3.05) is 0 Å². The van der Waals surface area contributed by atoms with Gasteiger partial charge in [0.1, 0.15) is 5.60 Å². The van der Waals surface area contributed by atoms with E-state index in [2.05, 4.69) is 0 Å². The quantitative estimate of drug-likeness (QED) is 0.661. The second-order valence-electron chi connectivity index (χ2n) is 5.59. The molecule has 86 valence electrons. The average Bonchev–Trinajstić information content (AvgIpc) is 1.98. The van der Waals surface area contributed by atoms with Gasteiger partial charge in [0.15, 0.2) is 0 Å². The Kier molecular flexibility index (Phi) is 2.41. The van der Waals surface area contributed by atoms with Crippen molar-refractivity contribution in [1.29, 1.82) is 0 Å². The first-order valence-corrected chi connectivity index (χ1v) is 5.65. The largest absolute Gasteiger partial charge is 0.444 e. The maximum absolute atomic E-state index is 11.8. The summed E-state index contributed by atoms with van der Waals surface area (Å²) in [7, 11) is 0. The minimum Gasteiger partial charge on any atom is -0.444 e. The lowest BCUT2D eigenvalue weighted by molar-refractivity contribution is -0.0584. The molecule has 1 saturated carbocycles. The molecule has 2 aliphatic heterocycles. The zero-order valence-electron chi connectivity index (χ0n) is 9.69. The zero-order valence-corrected chi connectivity index (χ0v) is 9.69. The van der Waals surface area contributed by atoms with Gasteiger partial charge in [-0.1, -0.05) is 0 Å². The van der Waals surface area contributed by atoms with Gasteiger partial charge in [-0.3, -0.25) is 0 Å². The third kappa shape index (κ3) is 1.95. The van der Waals surface area contributed by atoms with Crippen LogP contribution in [0.4, 0.5) is 4.79 Å². The first kappa shape index (κ1) is 10.7. The van der Waals surface area contributed by atoms with Gasteiger partial charge in [0, 0.05) is 12.1 Å². The number of nitrogens with zero attached hydrogens (tertiary/aromatic N) is 1. The first-order chi connectivity index (χ1) is 6.88. The number of hydrogen-bond donors (Lipinski definition) is 1. The van der Waals surface area contributed by atoms with Crippen molar-refractivity contribution in [3.8, 4) is 0 Å². The number of rotatable bonds is 0. The first-order valence-electron chi connectivity index (χ1n) is 5.65. The summed E-state index contributed by atoms with van der Waals surface area (Å²) in [6, 6.07) is 0.741. The second kappa shape index (κ2) is 3.37. The van der Waals surface area contributed by atoms with Crippen molar-refractivity contribution in [2.45, 2.75) is 63.8 Å². The molecule has 4 nitrogen and oxygen atoms in total. The van der Waals surface area contributed by atoms with Crippen LogP contribution in [-0.4, -0.2) is 34.7 Å². The molecule has 2 N–H and O–H groups in total. The Morgan fingerprint density at radius 1 is 1.40 bits per heavy atom. The van der Waals surface area contributed by atoms with Crippen LogP contribution in [0.15, 0.2) is 0 Å². The Bertz CT molecular complexity index is 270. The molecule has 3 atom stereocenters. The van der Waals surface area contributed by atoms with Crippen molar-refractivity contribution >= 4 is 6.09 Å². The van der Waals surface area contributed by atoms with E-state index in [9.17, 15) is 4.79 Å². The summed E-state index contributed by atoms with van der Waals surface area (Å²) in [6.45, 7) is 5.67. The van der Waals surface area contributed by atoms with E-state index in [-0.39, 0.29) is 18.2 Å². The fraction of sp³-hybridized carbons (Fsp3) is 0.909. The number of carbonyl (C=O) groups excluding carboxylic acids is 1. The van der Waals surface area contributed by atoms with Gasteiger partial charge in [0.25, 0.3) is 0 Å². The van der Waals surface area contributed by atoms with Gasteiger partial charge >= 0.3 is 6.09 Å². The topological polar surface area (TPSA) is 55.6 Å². The molecule has 4 heteroatoms. The summed E-state index contributed by atoms with van der Waals surface area (Å²) in [4.78, 5) is 13.7. The number of carbonyl (C=O) groups is 1. The lowest BCUT2D eigenvalue weighted by Gasteiger charge is -2.55. The van der Waals surface area contributed by atoms with E-state index in [1.54, 1.807) is 0 Å². The molecule has 2 heterocycles. The van der Waals surface area contributed by atoms with E-state index in [4.69, 9.17) is 10.5 Å². The normalized spacial score (nSPS) is 34.7. The fourth-order valence-electron chi connectivity index (χ4n) is 2.45. The minimum atomic E-state index is -0.412. The third-order valence-corrected chi connectivity index (χ3v) is 3.20. The number of hydrogen-bond acceptors (Lipinski definition) is 3. The highest BCUT2D eigenvalue weighted by atomic mass is 16.6. The van der Waals surface area contributed by atoms with Crippen LogP contribution < -0.4 is 5.73 Å². The maximum Gasteiger partial charge on any atom is 0.410 e. The Morgan fingerprint density at radius 3 is 2.53 bits per heavy atom. The molecule has 2 bridgehead atoms. The molecular formula is C11H20N2O2. The van der Waals surface area contributed by atoms with Gasteiger partial charge in [0.05, 0.1) is 6.04 Å². The molecule has 0 aromatic carbocycles. The monoisotopic (exact) mass is 212 g/mol. The molecule has 1 amide bonds. The molecule has 3 rings (SSSR count). The molecule has 3 aliphatic rings. The van der Waals surface area contributed by atoms with Crippen LogP contribution in [0.5, 0.6) is 0 Å². The van der Waals surface area contributed by atoms with Crippen molar-refractivity contribution < 1.29 is 9.53 Å². The number of fused-ring (bicyclic) bond motifs is 2. The van der Waals surface area contributed by atoms with E-state index in [0.717, 1.165) is 19.3 Å². The summed E-state index contributed by atoms with van der Waals surface area (Å²) in [5.74, 6) is 0. The van der Waals surface area contributed by atoms with Gasteiger partial charge in [-0.2, -0.15) is 0 Å². The van der Waals surface area contributed by atoms with E-state index in [0.29, 0.717) is 6.04 Å². The summed E-state index contributed by atoms with van der Waals surface area (Å²) in [6.07, 6.45) is 2.92. The number of ether oxygens (including phenoxy) is 1. The maximum atomic E-state index is 11.8. The van der Waals surface area contributed by atoms with Crippen LogP contribution in [0.2, 0.25) is 0 Å². The predicted octanol–water partition coefficient (Wildman–Crippen LogP) is 1.49. The van der Waals surface area contributed by atoms with Crippen LogP contribution in [-0.2, 0) is 4.74 Å². The lowest BCUT2D eigenvalue weighted by atomic mass is 9.77. The summed E-state index contributed by atoms with van der Waals surface area (Å²) in [5, 5.41) is 0. The molecule has 2 saturated heterocycles. The molecule has 1 aliphatic carbocycles. The zero-order chi connectivity index (χ0) is 11.2. The molecule has 0 spiro atoms. The van der Waals surface area contributed by atoms with E-state index < -0.39 is 5.60 Å². The number of amides is 1. The lowest BCUT2D eigenvalue weighted by Crippen LogP contribution is -2.68. The van der Waals surface area contributed by atoms with Crippen molar-refractivity contribution in [3.05, 3.63) is 0 Å². The standard InChI is InChI=1S/C11H20N2O2/c1-11(2,3)15-10(14)13-7-4-5-8(12)9(13)6-7/h7-9H,4-6,12H2,1-3H3/t7-,8+,9-/m1/s1. The van der Waals surface area contributed by atoms with Crippen molar-refractivity contribution in [3.63, 3.8) is 0 Å². The van der Waals surface area contributed by atoms with Gasteiger partial charge in [-0.15, -0.1) is 0 Å².